The first-order valence-corrected chi connectivity index (χ1v) is 9.37. The van der Waals surface area contributed by atoms with Crippen LogP contribution >= 0.6 is 23.1 Å². The summed E-state index contributed by atoms with van der Waals surface area (Å²) < 4.78 is 12.6. The van der Waals surface area contributed by atoms with Crippen molar-refractivity contribution < 1.29 is 9.47 Å². The fourth-order valence-electron chi connectivity index (χ4n) is 2.04. The Kier molecular flexibility index (Phi) is 5.60. The van der Waals surface area contributed by atoms with Gasteiger partial charge in [0.15, 0.2) is 5.82 Å². The summed E-state index contributed by atoms with van der Waals surface area (Å²) in [6.07, 6.45) is 0. The zero-order chi connectivity index (χ0) is 16.8. The van der Waals surface area contributed by atoms with Crippen molar-refractivity contribution in [2.45, 2.75) is 12.1 Å². The first kappa shape index (κ1) is 16.7. The molecular formula is C16H18N4O2S2. The highest BCUT2D eigenvalue weighted by molar-refractivity contribution is 7.99. The third kappa shape index (κ3) is 4.01. The Hall–Kier alpha value is -2.19. The summed E-state index contributed by atoms with van der Waals surface area (Å²) in [5.41, 5.74) is 0. The highest BCUT2D eigenvalue weighted by Gasteiger charge is 2.12. The van der Waals surface area contributed by atoms with Gasteiger partial charge in [-0.05, 0) is 42.6 Å². The first-order chi connectivity index (χ1) is 11.8. The normalized spacial score (nSPS) is 10.7. The Balaban J connectivity index is 1.48. The van der Waals surface area contributed by atoms with E-state index in [0.29, 0.717) is 24.2 Å². The number of aromatic nitrogens is 3. The topological polar surface area (TPSA) is 75.2 Å². The van der Waals surface area contributed by atoms with Crippen LogP contribution in [0, 0.1) is 0 Å². The molecule has 0 aliphatic rings. The number of thioether (sulfide) groups is 1. The average Bonchev–Trinajstić information content (AvgIpc) is 3.23. The Labute approximate surface area is 148 Å². The lowest BCUT2D eigenvalue weighted by atomic mass is 10.3. The van der Waals surface area contributed by atoms with Gasteiger partial charge in [-0.3, -0.25) is 0 Å². The van der Waals surface area contributed by atoms with Crippen molar-refractivity contribution in [1.29, 1.82) is 0 Å². The van der Waals surface area contributed by atoms with Gasteiger partial charge in [-0.25, -0.2) is 4.68 Å². The molecule has 126 valence electrons. The predicted molar refractivity (Wildman–Crippen MR) is 97.3 cm³/mol. The van der Waals surface area contributed by atoms with Crippen molar-refractivity contribution >= 4 is 23.1 Å². The van der Waals surface area contributed by atoms with E-state index in [-0.39, 0.29) is 0 Å². The van der Waals surface area contributed by atoms with Gasteiger partial charge in [-0.15, -0.1) is 21.5 Å². The van der Waals surface area contributed by atoms with Crippen molar-refractivity contribution in [3.63, 3.8) is 0 Å². The summed E-state index contributed by atoms with van der Waals surface area (Å²) in [6, 6.07) is 11.5. The number of hydrogen-bond acceptors (Lipinski definition) is 7. The molecule has 0 unspecified atom stereocenters. The maximum Gasteiger partial charge on any atom is 0.210 e. The number of nitrogens with two attached hydrogens (primary N) is 1. The van der Waals surface area contributed by atoms with Gasteiger partial charge in [0.05, 0.1) is 18.1 Å². The number of hydrogen-bond donors (Lipinski definition) is 1. The lowest BCUT2D eigenvalue weighted by molar-refractivity contribution is 0.332. The minimum absolute atomic E-state index is 0.555. The van der Waals surface area contributed by atoms with Crippen LogP contribution in [-0.2, 0) is 0 Å². The summed E-state index contributed by atoms with van der Waals surface area (Å²) in [4.78, 5) is 1.00. The zero-order valence-electron chi connectivity index (χ0n) is 13.2. The average molecular weight is 362 g/mol. The number of benzene rings is 1. The van der Waals surface area contributed by atoms with Crippen LogP contribution < -0.4 is 15.3 Å². The van der Waals surface area contributed by atoms with E-state index in [1.807, 2.05) is 48.7 Å². The van der Waals surface area contributed by atoms with Crippen LogP contribution in [0.3, 0.4) is 0 Å². The molecule has 2 aromatic heterocycles. The minimum Gasteiger partial charge on any atom is -0.494 e. The van der Waals surface area contributed by atoms with Crippen molar-refractivity contribution in [2.24, 2.45) is 0 Å². The molecule has 2 N–H and O–H groups in total. The fourth-order valence-corrected chi connectivity index (χ4v) is 3.42. The van der Waals surface area contributed by atoms with Gasteiger partial charge in [-0.1, -0.05) is 17.8 Å². The molecule has 2 heterocycles. The number of nitrogen functional groups attached to an aromatic ring is 1. The predicted octanol–water partition coefficient (Wildman–Crippen LogP) is 3.29. The number of ether oxygens (including phenoxy) is 2. The quantitative estimate of drug-likeness (QED) is 0.376. The third-order valence-corrected chi connectivity index (χ3v) is 4.90. The van der Waals surface area contributed by atoms with E-state index in [1.54, 1.807) is 11.3 Å². The molecule has 0 aliphatic heterocycles. The largest absolute Gasteiger partial charge is 0.494 e. The second-order valence-corrected chi connectivity index (χ2v) is 6.76. The number of thiophene rings is 1. The molecular weight excluding hydrogens is 344 g/mol. The molecule has 0 saturated carbocycles. The maximum absolute atomic E-state index is 6.06. The van der Waals surface area contributed by atoms with Crippen molar-refractivity contribution in [3.8, 4) is 22.2 Å². The van der Waals surface area contributed by atoms with Crippen LogP contribution in [0.1, 0.15) is 6.92 Å². The summed E-state index contributed by atoms with van der Waals surface area (Å²) >= 11 is 3.10. The number of nitrogens with zero attached hydrogens (tertiary/aromatic N) is 3. The third-order valence-electron chi connectivity index (χ3n) is 3.12. The van der Waals surface area contributed by atoms with Crippen LogP contribution in [0.4, 0.5) is 0 Å². The SMILES string of the molecule is CCOc1ccc(OCCSc2nnc(-c3cccs3)n2N)cc1. The highest BCUT2D eigenvalue weighted by Crippen LogP contribution is 2.25. The van der Waals surface area contributed by atoms with E-state index in [9.17, 15) is 0 Å². The van der Waals surface area contributed by atoms with E-state index in [1.165, 1.54) is 16.4 Å². The summed E-state index contributed by atoms with van der Waals surface area (Å²) in [5, 5.41) is 10.9. The molecule has 6 nitrogen and oxygen atoms in total. The van der Waals surface area contributed by atoms with Gasteiger partial charge in [0, 0.05) is 5.75 Å². The highest BCUT2D eigenvalue weighted by atomic mass is 32.2. The molecule has 0 saturated heterocycles. The second kappa shape index (κ2) is 8.07. The van der Waals surface area contributed by atoms with Crippen molar-refractivity contribution in [2.75, 3.05) is 24.8 Å². The maximum atomic E-state index is 6.06. The van der Waals surface area contributed by atoms with E-state index < -0.39 is 0 Å². The molecule has 0 amide bonds. The Morgan fingerprint density at radius 2 is 1.88 bits per heavy atom. The lowest BCUT2D eigenvalue weighted by Crippen LogP contribution is -2.12. The molecule has 1 aromatic carbocycles. The van der Waals surface area contributed by atoms with Crippen LogP contribution in [0.2, 0.25) is 0 Å². The van der Waals surface area contributed by atoms with Crippen molar-refractivity contribution in [3.05, 3.63) is 41.8 Å². The van der Waals surface area contributed by atoms with Gasteiger partial charge in [-0.2, -0.15) is 0 Å². The molecule has 0 radical (unpaired) electrons. The molecule has 3 rings (SSSR count). The standard InChI is InChI=1S/C16H18N4O2S2/c1-2-21-12-5-7-13(8-6-12)22-9-11-24-16-19-18-15(20(16)17)14-4-3-10-23-14/h3-8,10H,2,9,11,17H2,1H3. The van der Waals surface area contributed by atoms with E-state index in [2.05, 4.69) is 10.2 Å². The summed E-state index contributed by atoms with van der Waals surface area (Å²) in [6.45, 7) is 3.17. The lowest BCUT2D eigenvalue weighted by Gasteiger charge is -2.07. The molecule has 0 atom stereocenters. The molecule has 8 heteroatoms. The van der Waals surface area contributed by atoms with Gasteiger partial charge in [0.25, 0.3) is 0 Å². The van der Waals surface area contributed by atoms with Crippen LogP contribution in [0.15, 0.2) is 46.9 Å². The molecule has 3 aromatic rings. The summed E-state index contributed by atoms with van der Waals surface area (Å²) in [7, 11) is 0. The molecule has 0 fully saturated rings. The molecule has 0 aliphatic carbocycles. The second-order valence-electron chi connectivity index (χ2n) is 4.75. The van der Waals surface area contributed by atoms with Gasteiger partial charge >= 0.3 is 0 Å². The molecule has 0 spiro atoms. The fraction of sp³-hybridized carbons (Fsp3) is 0.250. The van der Waals surface area contributed by atoms with Gasteiger partial charge in [0.1, 0.15) is 11.5 Å². The Bertz CT molecular complexity index is 757. The smallest absolute Gasteiger partial charge is 0.210 e. The zero-order valence-corrected chi connectivity index (χ0v) is 14.8. The first-order valence-electron chi connectivity index (χ1n) is 7.50. The minimum atomic E-state index is 0.555. The van der Waals surface area contributed by atoms with Crippen molar-refractivity contribution in [1.82, 2.24) is 14.9 Å². The Morgan fingerprint density at radius 3 is 2.54 bits per heavy atom. The van der Waals surface area contributed by atoms with Gasteiger partial charge < -0.3 is 15.3 Å². The molecule has 0 bridgehead atoms. The van der Waals surface area contributed by atoms with Crippen LogP contribution in [-0.4, -0.2) is 33.8 Å². The molecule has 24 heavy (non-hydrogen) atoms. The van der Waals surface area contributed by atoms with Crippen LogP contribution in [0.5, 0.6) is 11.5 Å². The van der Waals surface area contributed by atoms with E-state index >= 15 is 0 Å². The Morgan fingerprint density at radius 1 is 1.12 bits per heavy atom. The van der Waals surface area contributed by atoms with Gasteiger partial charge in [0.2, 0.25) is 5.16 Å². The number of rotatable bonds is 8. The van der Waals surface area contributed by atoms with E-state index in [0.717, 1.165) is 22.1 Å². The van der Waals surface area contributed by atoms with E-state index in [4.69, 9.17) is 15.3 Å². The monoisotopic (exact) mass is 362 g/mol. The van der Waals surface area contributed by atoms with Crippen LogP contribution in [0.25, 0.3) is 10.7 Å². The summed E-state index contributed by atoms with van der Waals surface area (Å²) in [5.74, 6) is 9.12.